The Morgan fingerprint density at radius 1 is 1.16 bits per heavy atom. The maximum atomic E-state index is 13.1. The molecule has 2 aromatic rings. The zero-order valence-corrected chi connectivity index (χ0v) is 19.8. The highest BCUT2D eigenvalue weighted by Gasteiger charge is 2.44. The molecule has 1 saturated heterocycles. The molecule has 0 aliphatic carbocycles. The molecule has 12 heteroatoms. The van der Waals surface area contributed by atoms with Crippen molar-refractivity contribution in [3.63, 3.8) is 0 Å². The number of hydrogen-bond acceptors (Lipinski definition) is 8. The fraction of sp³-hybridized carbons (Fsp3) is 0.450. The maximum Gasteiger partial charge on any atom is 0.325 e. The monoisotopic (exact) mass is 486 g/mol. The van der Waals surface area contributed by atoms with E-state index < -0.39 is 38.2 Å². The van der Waals surface area contributed by atoms with Gasteiger partial charge < -0.3 is 14.3 Å². The Labute approximate surface area is 187 Å². The van der Waals surface area contributed by atoms with Crippen molar-refractivity contribution in [2.75, 3.05) is 20.6 Å². The molecule has 1 aliphatic rings. The van der Waals surface area contributed by atoms with Crippen LogP contribution in [0.3, 0.4) is 0 Å². The van der Waals surface area contributed by atoms with E-state index in [0.717, 1.165) is 19.7 Å². The SMILES string of the molecule is Cc1ccc(S(=O)(=O)N2CC(O)C[C@H]2C(=O)OCc2ccc(S(=O)(=O)N(C)C)o2)cc1C. The van der Waals surface area contributed by atoms with Crippen molar-refractivity contribution in [2.45, 2.75) is 49.0 Å². The molecule has 32 heavy (non-hydrogen) atoms. The summed E-state index contributed by atoms with van der Waals surface area (Å²) in [6, 6.07) is 6.05. The zero-order valence-electron chi connectivity index (χ0n) is 18.2. The maximum absolute atomic E-state index is 13.1. The zero-order chi connectivity index (χ0) is 23.8. The Kier molecular flexibility index (Phi) is 6.82. The fourth-order valence-corrected chi connectivity index (χ4v) is 5.79. The molecular formula is C20H26N2O8S2. The average Bonchev–Trinajstić information content (AvgIpc) is 3.35. The first-order chi connectivity index (χ1) is 14.8. The first-order valence-electron chi connectivity index (χ1n) is 9.79. The topological polar surface area (TPSA) is 134 Å². The normalized spacial score (nSPS) is 20.1. The largest absolute Gasteiger partial charge is 0.456 e. The number of sulfonamides is 2. The number of aliphatic hydroxyl groups excluding tert-OH is 1. The molecule has 0 spiro atoms. The van der Waals surface area contributed by atoms with Gasteiger partial charge in [0.05, 0.1) is 11.0 Å². The van der Waals surface area contributed by atoms with E-state index >= 15 is 0 Å². The van der Waals surface area contributed by atoms with E-state index in [1.54, 1.807) is 13.0 Å². The number of β-amino-alcohol motifs (C(OH)–C–C–N with tert-alkyl or cyclic N) is 1. The van der Waals surface area contributed by atoms with Crippen LogP contribution in [0.15, 0.2) is 44.7 Å². The van der Waals surface area contributed by atoms with Crippen molar-refractivity contribution in [1.29, 1.82) is 0 Å². The summed E-state index contributed by atoms with van der Waals surface area (Å²) < 4.78 is 62.8. The van der Waals surface area contributed by atoms with Gasteiger partial charge in [0.1, 0.15) is 18.4 Å². The molecule has 1 unspecified atom stereocenters. The standard InChI is InChI=1S/C20H26N2O8S2/c1-13-5-7-17(9-14(13)2)31(25,26)22-11-15(23)10-18(22)20(24)29-12-16-6-8-19(30-16)32(27,28)21(3)4/h5-9,15,18,23H,10-12H2,1-4H3/t15?,18-/m0/s1. The van der Waals surface area contributed by atoms with Gasteiger partial charge in [0, 0.05) is 27.1 Å². The van der Waals surface area contributed by atoms with E-state index in [9.17, 15) is 26.7 Å². The van der Waals surface area contributed by atoms with Crippen molar-refractivity contribution in [3.8, 4) is 0 Å². The lowest BCUT2D eigenvalue weighted by molar-refractivity contribution is -0.149. The first kappa shape index (κ1) is 24.4. The molecule has 1 fully saturated rings. The lowest BCUT2D eigenvalue weighted by atomic mass is 10.1. The number of esters is 1. The number of aliphatic hydroxyl groups is 1. The van der Waals surface area contributed by atoms with Gasteiger partial charge in [-0.2, -0.15) is 4.31 Å². The number of aryl methyl sites for hydroxylation is 2. The number of rotatable bonds is 7. The van der Waals surface area contributed by atoms with Crippen LogP contribution < -0.4 is 0 Å². The summed E-state index contributed by atoms with van der Waals surface area (Å²) in [5.41, 5.74) is 1.71. The van der Waals surface area contributed by atoms with Gasteiger partial charge in [-0.25, -0.2) is 21.1 Å². The van der Waals surface area contributed by atoms with Crippen molar-refractivity contribution < 1.29 is 35.9 Å². The van der Waals surface area contributed by atoms with Gasteiger partial charge in [-0.3, -0.25) is 4.79 Å². The summed E-state index contributed by atoms with van der Waals surface area (Å²) >= 11 is 0. The third kappa shape index (κ3) is 4.74. The number of carbonyl (C=O) groups is 1. The highest BCUT2D eigenvalue weighted by atomic mass is 32.2. The third-order valence-electron chi connectivity index (χ3n) is 5.32. The summed E-state index contributed by atoms with van der Waals surface area (Å²) in [5.74, 6) is -0.775. The van der Waals surface area contributed by atoms with Crippen LogP contribution in [0.4, 0.5) is 0 Å². The van der Waals surface area contributed by atoms with Gasteiger partial charge in [0.25, 0.3) is 10.0 Å². The second kappa shape index (κ2) is 8.94. The molecule has 0 bridgehead atoms. The molecule has 1 aliphatic heterocycles. The fourth-order valence-electron chi connectivity index (χ4n) is 3.27. The number of nitrogens with zero attached hydrogens (tertiary/aromatic N) is 2. The number of hydrogen-bond donors (Lipinski definition) is 1. The second-order valence-electron chi connectivity index (χ2n) is 7.84. The summed E-state index contributed by atoms with van der Waals surface area (Å²) in [6.45, 7) is 3.02. The van der Waals surface area contributed by atoms with E-state index in [1.807, 2.05) is 6.92 Å². The molecule has 10 nitrogen and oxygen atoms in total. The van der Waals surface area contributed by atoms with E-state index in [-0.39, 0.29) is 35.3 Å². The van der Waals surface area contributed by atoms with E-state index in [4.69, 9.17) is 9.15 Å². The Balaban J connectivity index is 1.76. The molecule has 176 valence electrons. The lowest BCUT2D eigenvalue weighted by Gasteiger charge is -2.22. The number of ether oxygens (including phenoxy) is 1. The lowest BCUT2D eigenvalue weighted by Crippen LogP contribution is -2.41. The van der Waals surface area contributed by atoms with Crippen molar-refractivity contribution in [3.05, 3.63) is 47.2 Å². The van der Waals surface area contributed by atoms with E-state index in [0.29, 0.717) is 0 Å². The van der Waals surface area contributed by atoms with Crippen molar-refractivity contribution >= 4 is 26.0 Å². The summed E-state index contributed by atoms with van der Waals surface area (Å²) in [4.78, 5) is 12.7. The highest BCUT2D eigenvalue weighted by Crippen LogP contribution is 2.28. The van der Waals surface area contributed by atoms with Gasteiger partial charge in [0.2, 0.25) is 15.1 Å². The number of furan rings is 1. The third-order valence-corrected chi connectivity index (χ3v) is 8.88. The van der Waals surface area contributed by atoms with Crippen molar-refractivity contribution in [2.24, 2.45) is 0 Å². The molecule has 0 radical (unpaired) electrons. The predicted octanol–water partition coefficient (Wildman–Crippen LogP) is 1.01. The summed E-state index contributed by atoms with van der Waals surface area (Å²) in [7, 11) is -5.12. The van der Waals surface area contributed by atoms with Crippen LogP contribution in [-0.4, -0.2) is 69.3 Å². The van der Waals surface area contributed by atoms with E-state index in [2.05, 4.69) is 0 Å². The number of benzene rings is 1. The number of carbonyl (C=O) groups excluding carboxylic acids is 1. The predicted molar refractivity (Wildman–Crippen MR) is 114 cm³/mol. The smallest absolute Gasteiger partial charge is 0.325 e. The molecule has 2 heterocycles. The van der Waals surface area contributed by atoms with Crippen LogP contribution >= 0.6 is 0 Å². The second-order valence-corrected chi connectivity index (χ2v) is 11.8. The van der Waals surface area contributed by atoms with Crippen LogP contribution in [0.25, 0.3) is 0 Å². The average molecular weight is 487 g/mol. The highest BCUT2D eigenvalue weighted by molar-refractivity contribution is 7.89. The van der Waals surface area contributed by atoms with Gasteiger partial charge in [-0.05, 0) is 49.2 Å². The quantitative estimate of drug-likeness (QED) is 0.573. The van der Waals surface area contributed by atoms with Crippen LogP contribution in [0.1, 0.15) is 23.3 Å². The molecule has 1 N–H and O–H groups in total. The Bertz CT molecular complexity index is 1220. The summed E-state index contributed by atoms with van der Waals surface area (Å²) in [5, 5.41) is 9.75. The van der Waals surface area contributed by atoms with Gasteiger partial charge >= 0.3 is 5.97 Å². The van der Waals surface area contributed by atoms with Crippen LogP contribution in [0.5, 0.6) is 0 Å². The molecule has 0 saturated carbocycles. The Morgan fingerprint density at radius 2 is 1.84 bits per heavy atom. The van der Waals surface area contributed by atoms with Crippen molar-refractivity contribution in [1.82, 2.24) is 8.61 Å². The molecule has 2 atom stereocenters. The molecule has 1 aromatic heterocycles. The summed E-state index contributed by atoms with van der Waals surface area (Å²) in [6.07, 6.45) is -1.13. The first-order valence-corrected chi connectivity index (χ1v) is 12.7. The van der Waals surface area contributed by atoms with Gasteiger partial charge in [-0.15, -0.1) is 0 Å². The van der Waals surface area contributed by atoms with E-state index in [1.165, 1.54) is 38.4 Å². The van der Waals surface area contributed by atoms with Gasteiger partial charge in [-0.1, -0.05) is 6.07 Å². The molecular weight excluding hydrogens is 460 g/mol. The van der Waals surface area contributed by atoms with Crippen LogP contribution in [0, 0.1) is 13.8 Å². The van der Waals surface area contributed by atoms with Gasteiger partial charge in [0.15, 0.2) is 0 Å². The minimum absolute atomic E-state index is 0.0251. The molecule has 3 rings (SSSR count). The Hall–Kier alpha value is -2.25. The van der Waals surface area contributed by atoms with Crippen LogP contribution in [0.2, 0.25) is 0 Å². The minimum Gasteiger partial charge on any atom is -0.456 e. The molecule has 1 aromatic carbocycles. The molecule has 0 amide bonds. The van der Waals surface area contributed by atoms with Crippen LogP contribution in [-0.2, 0) is 36.2 Å². The Morgan fingerprint density at radius 3 is 2.47 bits per heavy atom. The minimum atomic E-state index is -4.05.